The van der Waals surface area contributed by atoms with Gasteiger partial charge < -0.3 is 5.11 Å². The number of para-hydroxylation sites is 1. The van der Waals surface area contributed by atoms with Crippen LogP contribution in [0.4, 0.5) is 0 Å². The Morgan fingerprint density at radius 1 is 0.556 bits per heavy atom. The summed E-state index contributed by atoms with van der Waals surface area (Å²) in [6.45, 7) is 28.1. The van der Waals surface area contributed by atoms with E-state index in [9.17, 15) is 5.11 Å². The number of rotatable bonds is 7. The second-order valence-electron chi connectivity index (χ2n) is 20.8. The zero-order chi connectivity index (χ0) is 46.1. The Bertz CT molecular complexity index is 3030. The van der Waals surface area contributed by atoms with Crippen molar-refractivity contribution in [2.75, 3.05) is 0 Å². The molecule has 0 saturated heterocycles. The third-order valence-electron chi connectivity index (χ3n) is 12.5. The number of hydrogen-bond donors (Lipinski definition) is 1. The van der Waals surface area contributed by atoms with E-state index in [2.05, 4.69) is 195 Å². The maximum Gasteiger partial charge on any atom is 0.149 e. The highest BCUT2D eigenvalue weighted by Gasteiger charge is 2.26. The van der Waals surface area contributed by atoms with Crippen molar-refractivity contribution in [1.82, 2.24) is 14.5 Å². The van der Waals surface area contributed by atoms with Crippen molar-refractivity contribution in [3.05, 3.63) is 167 Å². The first-order chi connectivity index (χ1) is 30.0. The minimum Gasteiger partial charge on any atom is -0.507 e. The molecule has 2 heterocycles. The molecule has 0 bridgehead atoms. The average Bonchev–Trinajstić information content (AvgIpc) is 3.63. The Balaban J connectivity index is 1.39. The van der Waals surface area contributed by atoms with Crippen LogP contribution in [0.25, 0.3) is 72.7 Å². The molecule has 0 amide bonds. The van der Waals surface area contributed by atoms with Crippen LogP contribution in [0.3, 0.4) is 0 Å². The quantitative estimate of drug-likeness (QED) is 0.174. The summed E-state index contributed by atoms with van der Waals surface area (Å²) in [6, 6.07) is 45.7. The van der Waals surface area contributed by atoms with Crippen molar-refractivity contribution >= 4 is 11.0 Å². The van der Waals surface area contributed by atoms with E-state index in [4.69, 9.17) is 11.3 Å². The highest BCUT2D eigenvalue weighted by molar-refractivity contribution is 5.98. The number of aryl methyl sites for hydroxylation is 2. The third-order valence-corrected chi connectivity index (χ3v) is 12.5. The lowest BCUT2D eigenvalue weighted by atomic mass is 9.83. The van der Waals surface area contributed by atoms with Gasteiger partial charge in [0, 0.05) is 24.3 Å². The number of phenols is 1. The molecule has 1 N–H and O–H groups in total. The summed E-state index contributed by atoms with van der Waals surface area (Å²) in [4.78, 5) is 10.5. The Labute approximate surface area is 377 Å². The number of aromatic hydroxyl groups is 1. The van der Waals surface area contributed by atoms with E-state index in [1.165, 1.54) is 16.7 Å². The number of aromatic nitrogens is 3. The van der Waals surface area contributed by atoms with Crippen LogP contribution in [0.15, 0.2) is 134 Å². The van der Waals surface area contributed by atoms with Crippen molar-refractivity contribution < 1.29 is 6.48 Å². The standard InChI is InChI=1S/C59H63N3O/c1-36(2)39-17-19-40(20-18-39)42-27-28-60-51(34-42)44-31-43(32-47(33-44)59(11,12)13)49-15-14-16-52-54(49)61-56(50-30-37(3)29-38(4)55(50)63)62(52)53-35-46(58(8,9)10)25-26-48(53)41-21-23-45(24-22-41)57(5,6)7/h14-36,63H,1-13H3/i36D. The van der Waals surface area contributed by atoms with Gasteiger partial charge in [-0.25, -0.2) is 4.98 Å². The Morgan fingerprint density at radius 2 is 1.19 bits per heavy atom. The number of imidazole rings is 1. The summed E-state index contributed by atoms with van der Waals surface area (Å²) < 4.78 is 10.8. The molecule has 4 heteroatoms. The predicted octanol–water partition coefficient (Wildman–Crippen LogP) is 16.1. The Morgan fingerprint density at radius 3 is 1.84 bits per heavy atom. The first-order valence-electron chi connectivity index (χ1n) is 22.8. The number of hydrogen-bond acceptors (Lipinski definition) is 3. The van der Waals surface area contributed by atoms with Gasteiger partial charge in [0.25, 0.3) is 0 Å². The molecular formula is C59H63N3O. The molecule has 0 fully saturated rings. The van der Waals surface area contributed by atoms with Crippen LogP contribution in [0, 0.1) is 13.8 Å². The van der Waals surface area contributed by atoms with Crippen LogP contribution in [0.5, 0.6) is 5.75 Å². The highest BCUT2D eigenvalue weighted by Crippen LogP contribution is 2.44. The molecule has 0 aliphatic carbocycles. The van der Waals surface area contributed by atoms with E-state index in [1.807, 2.05) is 33.0 Å². The van der Waals surface area contributed by atoms with Crippen LogP contribution in [0.2, 0.25) is 0 Å². The van der Waals surface area contributed by atoms with Crippen LogP contribution in [0.1, 0.15) is 117 Å². The molecule has 6 aromatic carbocycles. The monoisotopic (exact) mass is 831 g/mol. The van der Waals surface area contributed by atoms with Gasteiger partial charge in [0.05, 0.1) is 28.0 Å². The van der Waals surface area contributed by atoms with E-state index < -0.39 is 5.89 Å². The second-order valence-corrected chi connectivity index (χ2v) is 20.8. The fourth-order valence-corrected chi connectivity index (χ4v) is 8.59. The molecule has 8 aromatic rings. The van der Waals surface area contributed by atoms with Crippen LogP contribution in [-0.4, -0.2) is 19.6 Å². The van der Waals surface area contributed by atoms with Crippen molar-refractivity contribution in [3.63, 3.8) is 0 Å². The number of benzene rings is 6. The molecule has 0 aliphatic rings. The molecule has 0 saturated carbocycles. The molecular weight excluding hydrogens is 767 g/mol. The average molecular weight is 831 g/mol. The molecule has 0 unspecified atom stereocenters. The van der Waals surface area contributed by atoms with Crippen molar-refractivity contribution in [3.8, 4) is 67.5 Å². The summed E-state index contributed by atoms with van der Waals surface area (Å²) in [5.74, 6) is 0.251. The number of nitrogens with zero attached hydrogens (tertiary/aromatic N) is 3. The molecule has 320 valence electrons. The van der Waals surface area contributed by atoms with Crippen LogP contribution >= 0.6 is 0 Å². The van der Waals surface area contributed by atoms with Gasteiger partial charge in [-0.1, -0.05) is 161 Å². The fraction of sp³-hybridized carbons (Fsp3) is 0.288. The van der Waals surface area contributed by atoms with Gasteiger partial charge in [-0.15, -0.1) is 0 Å². The number of phenolic OH excluding ortho intramolecular Hbond substituents is 1. The second kappa shape index (κ2) is 16.1. The molecule has 0 spiro atoms. The predicted molar refractivity (Wildman–Crippen MR) is 267 cm³/mol. The first-order valence-corrected chi connectivity index (χ1v) is 22.3. The minimum absolute atomic E-state index is 0.0256. The van der Waals surface area contributed by atoms with E-state index in [0.29, 0.717) is 11.4 Å². The third kappa shape index (κ3) is 8.61. The SMILES string of the molecule is [2H]C(C)(C)c1ccc(-c2ccnc(-c3cc(-c4cccc5c4nc(-c4cc(C)cc(C)c4O)n5-c4cc(C(C)(C)C)ccc4-c4ccc(C(C)(C)C)cc4)cc(C(C)(C)C)c3)c2)cc1. The molecule has 0 atom stereocenters. The smallest absolute Gasteiger partial charge is 0.149 e. The van der Waals surface area contributed by atoms with Gasteiger partial charge in [-0.2, -0.15) is 0 Å². The van der Waals surface area contributed by atoms with Crippen molar-refractivity contribution in [2.45, 2.75) is 112 Å². The summed E-state index contributed by atoms with van der Waals surface area (Å²) in [5.41, 5.74) is 18.1. The zero-order valence-electron chi connectivity index (χ0n) is 40.5. The summed E-state index contributed by atoms with van der Waals surface area (Å²) in [7, 11) is 0. The van der Waals surface area contributed by atoms with Gasteiger partial charge in [0.2, 0.25) is 0 Å². The fourth-order valence-electron chi connectivity index (χ4n) is 8.59. The number of pyridine rings is 1. The van der Waals surface area contributed by atoms with Gasteiger partial charge in [-0.05, 0) is 134 Å². The van der Waals surface area contributed by atoms with E-state index in [-0.39, 0.29) is 22.0 Å². The molecule has 4 nitrogen and oxygen atoms in total. The van der Waals surface area contributed by atoms with Gasteiger partial charge >= 0.3 is 0 Å². The zero-order valence-corrected chi connectivity index (χ0v) is 39.5. The molecule has 0 radical (unpaired) electrons. The largest absolute Gasteiger partial charge is 0.507 e. The van der Waals surface area contributed by atoms with Crippen LogP contribution in [-0.2, 0) is 16.2 Å². The summed E-state index contributed by atoms with van der Waals surface area (Å²) in [6.07, 6.45) is 1.89. The maximum atomic E-state index is 11.9. The highest BCUT2D eigenvalue weighted by atomic mass is 16.3. The molecule has 63 heavy (non-hydrogen) atoms. The first kappa shape index (κ1) is 42.1. The van der Waals surface area contributed by atoms with E-state index in [0.717, 1.165) is 78.0 Å². The summed E-state index contributed by atoms with van der Waals surface area (Å²) in [5, 5.41) is 11.9. The topological polar surface area (TPSA) is 50.9 Å². The van der Waals surface area contributed by atoms with Crippen molar-refractivity contribution in [2.24, 2.45) is 0 Å². The Hall–Kier alpha value is -6.26. The van der Waals surface area contributed by atoms with E-state index in [1.54, 1.807) is 0 Å². The molecule has 2 aromatic heterocycles. The lowest BCUT2D eigenvalue weighted by Gasteiger charge is -2.24. The molecule has 8 rings (SSSR count). The van der Waals surface area contributed by atoms with Gasteiger partial charge in [0.15, 0.2) is 0 Å². The maximum absolute atomic E-state index is 11.9. The molecule has 0 aliphatic heterocycles. The lowest BCUT2D eigenvalue weighted by molar-refractivity contribution is 0.472. The normalized spacial score (nSPS) is 12.8. The lowest BCUT2D eigenvalue weighted by Crippen LogP contribution is -2.13. The Kier molecular flexibility index (Phi) is 10.8. The summed E-state index contributed by atoms with van der Waals surface area (Å²) >= 11 is 0. The van der Waals surface area contributed by atoms with Gasteiger partial charge in [0.1, 0.15) is 11.6 Å². The van der Waals surface area contributed by atoms with Crippen molar-refractivity contribution in [1.29, 1.82) is 0 Å². The minimum atomic E-state index is -0.665. The number of fused-ring (bicyclic) bond motifs is 1. The van der Waals surface area contributed by atoms with E-state index >= 15 is 0 Å². The van der Waals surface area contributed by atoms with Gasteiger partial charge in [-0.3, -0.25) is 9.55 Å². The van der Waals surface area contributed by atoms with Crippen LogP contribution < -0.4 is 0 Å².